The molecule has 2 heterocycles. The highest BCUT2D eigenvalue weighted by Gasteiger charge is 2.36. The van der Waals surface area contributed by atoms with Crippen LogP contribution in [-0.4, -0.2) is 47.8 Å². The van der Waals surface area contributed by atoms with Crippen molar-refractivity contribution < 1.29 is 28.9 Å². The quantitative estimate of drug-likeness (QED) is 0.373. The molecule has 2 fully saturated rings. The van der Waals surface area contributed by atoms with Crippen molar-refractivity contribution in [3.63, 3.8) is 0 Å². The second-order valence-corrected chi connectivity index (χ2v) is 9.94. The zero-order valence-corrected chi connectivity index (χ0v) is 21.0. The molecule has 0 bridgehead atoms. The Kier molecular flexibility index (Phi) is 10.2. The first-order valence-corrected chi connectivity index (χ1v) is 13.0. The summed E-state index contributed by atoms with van der Waals surface area (Å²) in [6, 6.07) is 1.49. The lowest BCUT2D eigenvalue weighted by Crippen LogP contribution is -2.40. The third-order valence-corrected chi connectivity index (χ3v) is 7.37. The molecule has 1 saturated heterocycles. The fourth-order valence-electron chi connectivity index (χ4n) is 5.57. The van der Waals surface area contributed by atoms with Gasteiger partial charge in [0.25, 0.3) is 0 Å². The molecule has 0 unspecified atom stereocenters. The van der Waals surface area contributed by atoms with E-state index in [0.29, 0.717) is 18.9 Å². The van der Waals surface area contributed by atoms with Gasteiger partial charge in [0.05, 0.1) is 19.1 Å². The highest BCUT2D eigenvalue weighted by Crippen LogP contribution is 2.37. The first kappa shape index (κ1) is 26.5. The maximum Gasteiger partial charge on any atom is 0.309 e. The van der Waals surface area contributed by atoms with Crippen molar-refractivity contribution in [3.05, 3.63) is 18.0 Å². The molecule has 1 aliphatic carbocycles. The van der Waals surface area contributed by atoms with Gasteiger partial charge in [0, 0.05) is 25.3 Å². The second-order valence-electron chi connectivity index (χ2n) is 9.94. The van der Waals surface area contributed by atoms with E-state index in [1.165, 1.54) is 45.1 Å². The second kappa shape index (κ2) is 13.1. The fourth-order valence-corrected chi connectivity index (χ4v) is 5.57. The number of hydrogen-bond acceptors (Lipinski definition) is 7. The molecule has 0 amide bonds. The van der Waals surface area contributed by atoms with Crippen molar-refractivity contribution in [2.45, 2.75) is 96.7 Å². The minimum absolute atomic E-state index is 0.0503. The van der Waals surface area contributed by atoms with E-state index in [9.17, 15) is 14.7 Å². The lowest BCUT2D eigenvalue weighted by Gasteiger charge is -2.35. The van der Waals surface area contributed by atoms with Crippen molar-refractivity contribution in [1.29, 1.82) is 0 Å². The average Bonchev–Trinajstić information content (AvgIpc) is 3.33. The SMILES string of the molecule is CCCO[C@@H]1[C@@H](CC2CCCC2)CCCC[C@H](CC(=O)c2nccc(OC)c2O)C(=O)O[C@H]1C. The summed E-state index contributed by atoms with van der Waals surface area (Å²) in [5, 5.41) is 10.3. The minimum Gasteiger partial charge on any atom is -0.503 e. The number of aromatic nitrogens is 1. The van der Waals surface area contributed by atoms with Crippen LogP contribution in [0.3, 0.4) is 0 Å². The molecule has 0 spiro atoms. The van der Waals surface area contributed by atoms with E-state index >= 15 is 0 Å². The van der Waals surface area contributed by atoms with Crippen LogP contribution in [0.2, 0.25) is 0 Å². The van der Waals surface area contributed by atoms with Crippen molar-refractivity contribution in [3.8, 4) is 11.5 Å². The highest BCUT2D eigenvalue weighted by atomic mass is 16.6. The molecule has 4 atom stereocenters. The summed E-state index contributed by atoms with van der Waals surface area (Å²) < 4.78 is 17.3. The Morgan fingerprint density at radius 1 is 1.18 bits per heavy atom. The van der Waals surface area contributed by atoms with Crippen LogP contribution in [0, 0.1) is 17.8 Å². The number of rotatable bonds is 9. The van der Waals surface area contributed by atoms with Crippen LogP contribution in [0.4, 0.5) is 0 Å². The van der Waals surface area contributed by atoms with E-state index in [1.54, 1.807) is 0 Å². The van der Waals surface area contributed by atoms with Crippen LogP contribution >= 0.6 is 0 Å². The topological polar surface area (TPSA) is 95.0 Å². The van der Waals surface area contributed by atoms with Crippen molar-refractivity contribution in [2.24, 2.45) is 17.8 Å². The predicted octanol–water partition coefficient (Wildman–Crippen LogP) is 5.48. The summed E-state index contributed by atoms with van der Waals surface area (Å²) in [4.78, 5) is 30.1. The fraction of sp³-hybridized carbons (Fsp3) is 0.741. The number of ether oxygens (including phenoxy) is 3. The van der Waals surface area contributed by atoms with Gasteiger partial charge >= 0.3 is 5.97 Å². The average molecular weight is 476 g/mol. The number of Topliss-reactive ketones (excluding diaryl/α,β-unsaturated/α-hetero) is 1. The smallest absolute Gasteiger partial charge is 0.309 e. The zero-order valence-electron chi connectivity index (χ0n) is 21.0. The van der Waals surface area contributed by atoms with Crippen LogP contribution in [0.1, 0.15) is 95.0 Å². The van der Waals surface area contributed by atoms with Gasteiger partial charge in [-0.15, -0.1) is 0 Å². The molecule has 1 N–H and O–H groups in total. The molecule has 34 heavy (non-hydrogen) atoms. The standard InChI is InChI=1S/C27H41NO6/c1-4-15-33-26-18(2)34-27(31)21(12-8-7-11-20(26)16-19-9-5-6-10-19)17-22(29)24-25(30)23(32-3)13-14-28-24/h13-14,18-21,26,30H,4-12,15-17H2,1-3H3/t18-,20+,21+,26-/m0/s1. The van der Waals surface area contributed by atoms with Gasteiger partial charge in [-0.05, 0) is 44.4 Å². The third kappa shape index (κ3) is 6.94. The summed E-state index contributed by atoms with van der Waals surface area (Å²) in [5.41, 5.74) is -0.0712. The largest absolute Gasteiger partial charge is 0.503 e. The van der Waals surface area contributed by atoms with Gasteiger partial charge in [0.2, 0.25) is 0 Å². The van der Waals surface area contributed by atoms with Gasteiger partial charge in [0.15, 0.2) is 23.0 Å². The molecular formula is C27H41NO6. The summed E-state index contributed by atoms with van der Waals surface area (Å²) in [6.45, 7) is 4.67. The van der Waals surface area contributed by atoms with Gasteiger partial charge in [-0.1, -0.05) is 45.4 Å². The monoisotopic (exact) mass is 475 g/mol. The van der Waals surface area contributed by atoms with E-state index in [-0.39, 0.29) is 47.6 Å². The van der Waals surface area contributed by atoms with Crippen molar-refractivity contribution in [2.75, 3.05) is 13.7 Å². The Labute approximate surface area is 203 Å². The number of cyclic esters (lactones) is 1. The number of hydrogen-bond donors (Lipinski definition) is 1. The predicted molar refractivity (Wildman–Crippen MR) is 129 cm³/mol. The molecule has 1 saturated carbocycles. The first-order valence-electron chi connectivity index (χ1n) is 13.0. The number of esters is 1. The van der Waals surface area contributed by atoms with E-state index in [2.05, 4.69) is 11.9 Å². The molecule has 3 rings (SSSR count). The van der Waals surface area contributed by atoms with Gasteiger partial charge < -0.3 is 19.3 Å². The Hall–Kier alpha value is -2.15. The van der Waals surface area contributed by atoms with Crippen molar-refractivity contribution >= 4 is 11.8 Å². The number of ketones is 1. The maximum atomic E-state index is 13.2. The van der Waals surface area contributed by atoms with Crippen LogP contribution < -0.4 is 4.74 Å². The molecule has 7 nitrogen and oxygen atoms in total. The third-order valence-electron chi connectivity index (χ3n) is 7.37. The summed E-state index contributed by atoms with van der Waals surface area (Å²) in [7, 11) is 1.42. The number of nitrogens with zero attached hydrogens (tertiary/aromatic N) is 1. The van der Waals surface area contributed by atoms with E-state index in [1.807, 2.05) is 6.92 Å². The van der Waals surface area contributed by atoms with Gasteiger partial charge in [-0.25, -0.2) is 4.98 Å². The van der Waals surface area contributed by atoms with Crippen LogP contribution in [0.15, 0.2) is 12.3 Å². The number of aromatic hydroxyl groups is 1. The lowest BCUT2D eigenvalue weighted by molar-refractivity contribution is -0.166. The summed E-state index contributed by atoms with van der Waals surface area (Å²) >= 11 is 0. The molecule has 1 aromatic heterocycles. The van der Waals surface area contributed by atoms with Gasteiger partial charge in [0.1, 0.15) is 6.10 Å². The molecule has 7 heteroatoms. The van der Waals surface area contributed by atoms with Crippen LogP contribution in [0.25, 0.3) is 0 Å². The molecular weight excluding hydrogens is 434 g/mol. The van der Waals surface area contributed by atoms with E-state index in [0.717, 1.165) is 38.0 Å². The molecule has 2 aliphatic rings. The maximum absolute atomic E-state index is 13.2. The van der Waals surface area contributed by atoms with Crippen LogP contribution in [0.5, 0.6) is 11.5 Å². The zero-order chi connectivity index (χ0) is 24.5. The Bertz CT molecular complexity index is 806. The molecule has 0 aromatic carbocycles. The van der Waals surface area contributed by atoms with Crippen molar-refractivity contribution in [1.82, 2.24) is 4.98 Å². The molecule has 0 radical (unpaired) electrons. The summed E-state index contributed by atoms with van der Waals surface area (Å²) in [5.74, 6) is -0.300. The minimum atomic E-state index is -0.569. The van der Waals surface area contributed by atoms with Crippen LogP contribution in [-0.2, 0) is 14.3 Å². The number of carbonyl (C=O) groups is 2. The van der Waals surface area contributed by atoms with Gasteiger partial charge in [-0.3, -0.25) is 9.59 Å². The number of pyridine rings is 1. The first-order chi connectivity index (χ1) is 16.4. The lowest BCUT2D eigenvalue weighted by atomic mass is 9.82. The number of methoxy groups -OCH3 is 1. The Morgan fingerprint density at radius 2 is 1.88 bits per heavy atom. The van der Waals surface area contributed by atoms with E-state index in [4.69, 9.17) is 14.2 Å². The van der Waals surface area contributed by atoms with Gasteiger partial charge in [-0.2, -0.15) is 0 Å². The Morgan fingerprint density at radius 3 is 2.59 bits per heavy atom. The Balaban J connectivity index is 1.71. The number of carbonyl (C=O) groups excluding carboxylic acids is 2. The molecule has 1 aromatic rings. The summed E-state index contributed by atoms with van der Waals surface area (Å²) in [6.07, 6.45) is 11.6. The van der Waals surface area contributed by atoms with E-state index < -0.39 is 5.92 Å². The normalized spacial score (nSPS) is 26.7. The molecule has 190 valence electrons. The highest BCUT2D eigenvalue weighted by molar-refractivity contribution is 5.99. The molecule has 1 aliphatic heterocycles.